The van der Waals surface area contributed by atoms with E-state index in [9.17, 15) is 19.3 Å². The first-order valence-corrected chi connectivity index (χ1v) is 5.55. The molecule has 0 fully saturated rings. The molecule has 0 bridgehead atoms. The number of halogens is 1. The van der Waals surface area contributed by atoms with Gasteiger partial charge in [0.05, 0.1) is 23.1 Å². The third-order valence-corrected chi connectivity index (χ3v) is 2.57. The zero-order chi connectivity index (χ0) is 15.6. The molecule has 0 aliphatic rings. The van der Waals surface area contributed by atoms with E-state index in [4.69, 9.17) is 10.4 Å². The number of carbonyl (C=O) groups is 1. The standard InChI is InChI=1S/C12H7FN4O4/c13-9-2-7(4-14)1-8(3-9)5-16-6-10(17(20)21)11(15-16)12(18)19/h1-3,6H,5H2,(H,18,19). The SMILES string of the molecule is N#Cc1cc(F)cc(Cn2cc([N+](=O)[O-])c(C(=O)O)n2)c1. The number of nitriles is 1. The van der Waals surface area contributed by atoms with Crippen LogP contribution >= 0.6 is 0 Å². The van der Waals surface area contributed by atoms with Crippen LogP contribution in [0.25, 0.3) is 0 Å². The van der Waals surface area contributed by atoms with Gasteiger partial charge in [-0.15, -0.1) is 0 Å². The molecule has 1 aromatic heterocycles. The lowest BCUT2D eigenvalue weighted by molar-refractivity contribution is -0.385. The van der Waals surface area contributed by atoms with Crippen LogP contribution in [0.5, 0.6) is 0 Å². The fourth-order valence-electron chi connectivity index (χ4n) is 1.77. The van der Waals surface area contributed by atoms with Crippen molar-refractivity contribution in [2.75, 3.05) is 0 Å². The summed E-state index contributed by atoms with van der Waals surface area (Å²) < 4.78 is 14.3. The molecule has 21 heavy (non-hydrogen) atoms. The van der Waals surface area contributed by atoms with Crippen molar-refractivity contribution in [2.45, 2.75) is 6.54 Å². The number of aromatic nitrogens is 2. The lowest BCUT2D eigenvalue weighted by Gasteiger charge is -2.02. The van der Waals surface area contributed by atoms with Crippen molar-refractivity contribution in [2.24, 2.45) is 0 Å². The normalized spacial score (nSPS) is 10.1. The molecule has 0 radical (unpaired) electrons. The number of nitrogens with zero attached hydrogens (tertiary/aromatic N) is 4. The number of benzene rings is 1. The predicted octanol–water partition coefficient (Wildman–Crippen LogP) is 1.55. The number of nitro groups is 1. The summed E-state index contributed by atoms with van der Waals surface area (Å²) >= 11 is 0. The summed E-state index contributed by atoms with van der Waals surface area (Å²) in [6, 6.07) is 5.33. The highest BCUT2D eigenvalue weighted by atomic mass is 19.1. The second-order valence-corrected chi connectivity index (χ2v) is 4.08. The van der Waals surface area contributed by atoms with Crippen LogP contribution in [0.2, 0.25) is 0 Å². The van der Waals surface area contributed by atoms with E-state index < -0.39 is 28.1 Å². The second kappa shape index (κ2) is 5.38. The molecule has 0 saturated carbocycles. The van der Waals surface area contributed by atoms with Gasteiger partial charge in [0.15, 0.2) is 0 Å². The van der Waals surface area contributed by atoms with Gasteiger partial charge in [0.1, 0.15) is 12.0 Å². The Balaban J connectivity index is 2.39. The lowest BCUT2D eigenvalue weighted by Crippen LogP contribution is -2.05. The number of rotatable bonds is 4. The Morgan fingerprint density at radius 1 is 1.52 bits per heavy atom. The highest BCUT2D eigenvalue weighted by Gasteiger charge is 2.25. The first-order valence-electron chi connectivity index (χ1n) is 5.55. The summed E-state index contributed by atoms with van der Waals surface area (Å²) in [5.41, 5.74) is -0.928. The molecule has 0 aliphatic carbocycles. The van der Waals surface area contributed by atoms with Gasteiger partial charge < -0.3 is 5.11 Å². The van der Waals surface area contributed by atoms with E-state index in [-0.39, 0.29) is 12.1 Å². The number of hydrogen-bond acceptors (Lipinski definition) is 5. The number of carboxylic acids is 1. The molecule has 0 atom stereocenters. The van der Waals surface area contributed by atoms with Gasteiger partial charge in [-0.05, 0) is 23.8 Å². The molecular formula is C12H7FN4O4. The summed E-state index contributed by atoms with van der Waals surface area (Å²) in [7, 11) is 0. The fraction of sp³-hybridized carbons (Fsp3) is 0.0833. The zero-order valence-corrected chi connectivity index (χ0v) is 10.4. The van der Waals surface area contributed by atoms with Crippen LogP contribution in [0.1, 0.15) is 21.6 Å². The molecule has 9 heteroatoms. The average Bonchev–Trinajstić information content (AvgIpc) is 2.82. The number of hydrogen-bond donors (Lipinski definition) is 1. The quantitative estimate of drug-likeness (QED) is 0.673. The maximum atomic E-state index is 13.3. The van der Waals surface area contributed by atoms with Gasteiger partial charge in [0.2, 0.25) is 5.69 Å². The highest BCUT2D eigenvalue weighted by molar-refractivity contribution is 5.89. The Kier molecular flexibility index (Phi) is 3.62. The van der Waals surface area contributed by atoms with Gasteiger partial charge in [0.25, 0.3) is 0 Å². The van der Waals surface area contributed by atoms with Crippen molar-refractivity contribution in [3.8, 4) is 6.07 Å². The molecule has 1 aromatic carbocycles. The van der Waals surface area contributed by atoms with Crippen LogP contribution in [0.15, 0.2) is 24.4 Å². The monoisotopic (exact) mass is 290 g/mol. The zero-order valence-electron chi connectivity index (χ0n) is 10.4. The second-order valence-electron chi connectivity index (χ2n) is 4.08. The van der Waals surface area contributed by atoms with Crippen molar-refractivity contribution in [1.29, 1.82) is 5.26 Å². The lowest BCUT2D eigenvalue weighted by atomic mass is 10.1. The number of carboxylic acid groups (broad SMARTS) is 1. The van der Waals surface area contributed by atoms with Gasteiger partial charge in [-0.3, -0.25) is 14.8 Å². The van der Waals surface area contributed by atoms with Crippen molar-refractivity contribution >= 4 is 11.7 Å². The number of aromatic carboxylic acids is 1. The Morgan fingerprint density at radius 3 is 2.76 bits per heavy atom. The Morgan fingerprint density at radius 2 is 2.24 bits per heavy atom. The van der Waals surface area contributed by atoms with Gasteiger partial charge >= 0.3 is 11.7 Å². The topological polar surface area (TPSA) is 122 Å². The van der Waals surface area contributed by atoms with Crippen LogP contribution in [0, 0.1) is 27.3 Å². The largest absolute Gasteiger partial charge is 0.476 e. The average molecular weight is 290 g/mol. The molecular weight excluding hydrogens is 283 g/mol. The maximum absolute atomic E-state index is 13.3. The van der Waals surface area contributed by atoms with Gasteiger partial charge in [0, 0.05) is 0 Å². The maximum Gasteiger partial charge on any atom is 0.363 e. The first kappa shape index (κ1) is 14.1. The van der Waals surface area contributed by atoms with Crippen molar-refractivity contribution in [1.82, 2.24) is 9.78 Å². The Labute approximate surface area is 116 Å². The summed E-state index contributed by atoms with van der Waals surface area (Å²) in [4.78, 5) is 20.7. The van der Waals surface area contributed by atoms with E-state index >= 15 is 0 Å². The summed E-state index contributed by atoms with van der Waals surface area (Å²) in [5, 5.41) is 31.9. The van der Waals surface area contributed by atoms with Gasteiger partial charge in [-0.1, -0.05) is 0 Å². The Bertz CT molecular complexity index is 747. The molecule has 1 N–H and O–H groups in total. The van der Waals surface area contributed by atoms with Crippen molar-refractivity contribution in [3.05, 3.63) is 57.1 Å². The molecule has 0 unspecified atom stereocenters. The third-order valence-electron chi connectivity index (χ3n) is 2.57. The van der Waals surface area contributed by atoms with Crippen LogP contribution in [0.4, 0.5) is 10.1 Å². The molecule has 0 spiro atoms. The van der Waals surface area contributed by atoms with Crippen molar-refractivity contribution < 1.29 is 19.2 Å². The van der Waals surface area contributed by atoms with E-state index in [1.807, 2.05) is 0 Å². The minimum absolute atomic E-state index is 0.0881. The third kappa shape index (κ3) is 3.01. The minimum atomic E-state index is -1.53. The van der Waals surface area contributed by atoms with Crippen LogP contribution in [-0.4, -0.2) is 25.8 Å². The molecule has 0 aliphatic heterocycles. The molecule has 0 saturated heterocycles. The van der Waals surface area contributed by atoms with Crippen molar-refractivity contribution in [3.63, 3.8) is 0 Å². The molecule has 106 valence electrons. The van der Waals surface area contributed by atoms with E-state index in [0.29, 0.717) is 5.56 Å². The fourth-order valence-corrected chi connectivity index (χ4v) is 1.77. The summed E-state index contributed by atoms with van der Waals surface area (Å²) in [5.74, 6) is -2.17. The minimum Gasteiger partial charge on any atom is -0.476 e. The molecule has 0 amide bonds. The van der Waals surface area contributed by atoms with E-state index in [2.05, 4.69) is 5.10 Å². The molecule has 2 aromatic rings. The summed E-state index contributed by atoms with van der Waals surface area (Å²) in [6.07, 6.45) is 0.945. The Hall–Kier alpha value is -3.28. The van der Waals surface area contributed by atoms with Gasteiger partial charge in [-0.25, -0.2) is 9.18 Å². The molecule has 1 heterocycles. The van der Waals surface area contributed by atoms with Crippen LogP contribution < -0.4 is 0 Å². The van der Waals surface area contributed by atoms with E-state index in [1.165, 1.54) is 6.07 Å². The highest BCUT2D eigenvalue weighted by Crippen LogP contribution is 2.18. The van der Waals surface area contributed by atoms with Gasteiger partial charge in [-0.2, -0.15) is 10.4 Å². The predicted molar refractivity (Wildman–Crippen MR) is 66.1 cm³/mol. The first-order chi connectivity index (χ1) is 9.90. The van der Waals surface area contributed by atoms with Crippen LogP contribution in [0.3, 0.4) is 0 Å². The van der Waals surface area contributed by atoms with E-state index in [1.54, 1.807) is 6.07 Å². The molecule has 8 nitrogen and oxygen atoms in total. The van der Waals surface area contributed by atoms with Crippen LogP contribution in [-0.2, 0) is 6.54 Å². The van der Waals surface area contributed by atoms with E-state index in [0.717, 1.165) is 23.0 Å². The summed E-state index contributed by atoms with van der Waals surface area (Å²) in [6.45, 7) is -0.0967. The molecule has 2 rings (SSSR count). The smallest absolute Gasteiger partial charge is 0.363 e.